The molecule has 12 heavy (non-hydrogen) atoms. The van der Waals surface area contributed by atoms with E-state index in [0.717, 1.165) is 7.11 Å². The van der Waals surface area contributed by atoms with Crippen molar-refractivity contribution in [1.29, 1.82) is 0 Å². The van der Waals surface area contributed by atoms with Crippen LogP contribution < -0.4 is 11.2 Å². The van der Waals surface area contributed by atoms with Crippen LogP contribution >= 0.6 is 0 Å². The molecule has 2 N–H and O–H groups in total. The average molecular weight is 171 g/mol. The molecule has 1 rings (SSSR count). The summed E-state index contributed by atoms with van der Waals surface area (Å²) in [7, 11) is 1.11. The van der Waals surface area contributed by atoms with Crippen LogP contribution in [0.4, 0.5) is 0 Å². The molecule has 0 saturated carbocycles. The third-order valence-electron chi connectivity index (χ3n) is 1.09. The second-order valence-corrected chi connectivity index (χ2v) is 1.85. The molecule has 0 fully saturated rings. The van der Waals surface area contributed by atoms with E-state index in [0.29, 0.717) is 0 Å². The van der Waals surface area contributed by atoms with Gasteiger partial charge in [0.1, 0.15) is 0 Å². The van der Waals surface area contributed by atoms with E-state index in [1.807, 2.05) is 10.1 Å². The summed E-state index contributed by atoms with van der Waals surface area (Å²) < 4.78 is 4.21. The van der Waals surface area contributed by atoms with Crippen molar-refractivity contribution in [3.05, 3.63) is 26.5 Å². The zero-order valence-electron chi connectivity index (χ0n) is 6.08. The fourth-order valence-corrected chi connectivity index (χ4v) is 0.583. The Morgan fingerprint density at radius 1 is 1.50 bits per heavy atom. The lowest BCUT2D eigenvalue weighted by Crippen LogP contribution is -2.30. The monoisotopic (exact) mass is 171 g/mol. The Labute approximate surface area is 65.4 Å². The van der Waals surface area contributed by atoms with Crippen molar-refractivity contribution in [3.63, 3.8) is 0 Å². The molecule has 0 bridgehead atoms. The van der Waals surface area contributed by atoms with Crippen LogP contribution in [-0.4, -0.2) is 28.3 Å². The number of aromatic nitrogens is 3. The number of hydrogen-bond donors (Lipinski definition) is 2. The van der Waals surface area contributed by atoms with Crippen LogP contribution in [0.2, 0.25) is 0 Å². The largest absolute Gasteiger partial charge is 0.464 e. The summed E-state index contributed by atoms with van der Waals surface area (Å²) in [5.74, 6) is -0.896. The van der Waals surface area contributed by atoms with Crippen LogP contribution in [0.3, 0.4) is 0 Å². The molecule has 64 valence electrons. The molecule has 1 heterocycles. The van der Waals surface area contributed by atoms with Crippen molar-refractivity contribution in [3.8, 4) is 0 Å². The van der Waals surface area contributed by atoms with Gasteiger partial charge in [0.25, 0.3) is 5.56 Å². The molecule has 0 aromatic carbocycles. The molecule has 0 aliphatic carbocycles. The molecule has 0 unspecified atom stereocenters. The van der Waals surface area contributed by atoms with Gasteiger partial charge in [0.2, 0.25) is 5.69 Å². The number of nitrogens with one attached hydrogen (secondary N) is 2. The molecule has 0 atom stereocenters. The van der Waals surface area contributed by atoms with Crippen molar-refractivity contribution in [2.75, 3.05) is 7.11 Å². The third-order valence-corrected chi connectivity index (χ3v) is 1.09. The van der Waals surface area contributed by atoms with Gasteiger partial charge in [0, 0.05) is 0 Å². The van der Waals surface area contributed by atoms with Crippen molar-refractivity contribution >= 4 is 5.97 Å². The van der Waals surface area contributed by atoms with Gasteiger partial charge in [-0.05, 0) is 0 Å². The van der Waals surface area contributed by atoms with Crippen LogP contribution in [0.5, 0.6) is 0 Å². The Balaban J connectivity index is 3.28. The number of nitrogens with zero attached hydrogens (tertiary/aromatic N) is 1. The van der Waals surface area contributed by atoms with E-state index in [-0.39, 0.29) is 0 Å². The van der Waals surface area contributed by atoms with E-state index < -0.39 is 22.9 Å². The number of carbonyl (C=O) groups excluding carboxylic acids is 1. The maximum Gasteiger partial charge on any atom is 0.364 e. The first-order chi connectivity index (χ1) is 5.65. The highest BCUT2D eigenvalue weighted by Gasteiger charge is 2.12. The SMILES string of the molecule is COC(=O)c1n[nH]c(=O)[nH]c1=O. The maximum atomic E-state index is 10.8. The molecule has 7 heteroatoms. The molecule has 0 amide bonds. The van der Waals surface area contributed by atoms with Gasteiger partial charge in [-0.3, -0.25) is 9.78 Å². The van der Waals surface area contributed by atoms with Gasteiger partial charge < -0.3 is 4.74 Å². The van der Waals surface area contributed by atoms with Crippen LogP contribution in [0.15, 0.2) is 9.59 Å². The van der Waals surface area contributed by atoms with E-state index in [2.05, 4.69) is 9.84 Å². The zero-order chi connectivity index (χ0) is 9.14. The number of rotatable bonds is 1. The molecule has 1 aromatic rings. The number of aromatic amines is 2. The predicted octanol–water partition coefficient (Wildman–Crippen LogP) is -1.76. The summed E-state index contributed by atoms with van der Waals surface area (Å²) in [6.45, 7) is 0. The maximum absolute atomic E-state index is 10.8. The highest BCUT2D eigenvalue weighted by molar-refractivity contribution is 5.86. The molecule has 0 aliphatic rings. The minimum absolute atomic E-state index is 0.475. The van der Waals surface area contributed by atoms with Crippen molar-refractivity contribution in [2.45, 2.75) is 0 Å². The minimum Gasteiger partial charge on any atom is -0.464 e. The fourth-order valence-electron chi connectivity index (χ4n) is 0.583. The third kappa shape index (κ3) is 1.39. The predicted molar refractivity (Wildman–Crippen MR) is 36.8 cm³/mol. The van der Waals surface area contributed by atoms with E-state index in [4.69, 9.17) is 0 Å². The number of methoxy groups -OCH3 is 1. The second kappa shape index (κ2) is 2.99. The Hall–Kier alpha value is -1.92. The molecule has 1 aromatic heterocycles. The molecule has 0 saturated heterocycles. The van der Waals surface area contributed by atoms with Crippen LogP contribution in [0.25, 0.3) is 0 Å². The smallest absolute Gasteiger partial charge is 0.364 e. The van der Waals surface area contributed by atoms with Gasteiger partial charge in [-0.1, -0.05) is 0 Å². The van der Waals surface area contributed by atoms with Gasteiger partial charge in [0.05, 0.1) is 7.11 Å². The van der Waals surface area contributed by atoms with Gasteiger partial charge in [0.15, 0.2) is 0 Å². The molecule has 7 nitrogen and oxygen atoms in total. The molecule has 0 radical (unpaired) electrons. The second-order valence-electron chi connectivity index (χ2n) is 1.85. The number of hydrogen-bond acceptors (Lipinski definition) is 5. The van der Waals surface area contributed by atoms with Crippen molar-refractivity contribution < 1.29 is 9.53 Å². The van der Waals surface area contributed by atoms with E-state index in [9.17, 15) is 14.4 Å². The highest BCUT2D eigenvalue weighted by Crippen LogP contribution is 1.82. The molecular weight excluding hydrogens is 166 g/mol. The number of ether oxygens (including phenoxy) is 1. The normalized spacial score (nSPS) is 9.42. The first-order valence-electron chi connectivity index (χ1n) is 2.92. The van der Waals surface area contributed by atoms with Crippen LogP contribution in [0.1, 0.15) is 10.5 Å². The van der Waals surface area contributed by atoms with Crippen LogP contribution in [-0.2, 0) is 4.74 Å². The summed E-state index contributed by atoms with van der Waals surface area (Å²) in [6, 6.07) is 0. The Kier molecular flexibility index (Phi) is 2.04. The van der Waals surface area contributed by atoms with Gasteiger partial charge in [-0.2, -0.15) is 5.10 Å². The number of carbonyl (C=O) groups is 1. The average Bonchev–Trinajstić information content (AvgIpc) is 2.03. The Bertz CT molecular complexity index is 404. The first kappa shape index (κ1) is 8.18. The van der Waals surface area contributed by atoms with E-state index in [1.54, 1.807) is 0 Å². The summed E-state index contributed by atoms with van der Waals surface area (Å²) in [5, 5.41) is 5.09. The van der Waals surface area contributed by atoms with E-state index in [1.165, 1.54) is 0 Å². The zero-order valence-corrected chi connectivity index (χ0v) is 6.08. The fraction of sp³-hybridized carbons (Fsp3) is 0.200. The topological polar surface area (TPSA) is 105 Å². The summed E-state index contributed by atoms with van der Waals surface area (Å²) in [5.41, 5.74) is -2.12. The highest BCUT2D eigenvalue weighted by atomic mass is 16.5. The number of H-pyrrole nitrogens is 2. The lowest BCUT2D eigenvalue weighted by molar-refractivity contribution is 0.0590. The quantitative estimate of drug-likeness (QED) is 0.487. The van der Waals surface area contributed by atoms with Crippen molar-refractivity contribution in [1.82, 2.24) is 15.2 Å². The molecule has 0 aliphatic heterocycles. The first-order valence-corrected chi connectivity index (χ1v) is 2.92. The summed E-state index contributed by atoms with van der Waals surface area (Å²) in [6.07, 6.45) is 0. The van der Waals surface area contributed by atoms with Gasteiger partial charge >= 0.3 is 11.7 Å². The number of esters is 1. The van der Waals surface area contributed by atoms with Gasteiger partial charge in [-0.15, -0.1) is 0 Å². The van der Waals surface area contributed by atoms with Crippen LogP contribution in [0, 0.1) is 0 Å². The summed E-state index contributed by atoms with van der Waals surface area (Å²) in [4.78, 5) is 33.8. The summed E-state index contributed by atoms with van der Waals surface area (Å²) >= 11 is 0. The Morgan fingerprint density at radius 3 is 2.67 bits per heavy atom. The Morgan fingerprint density at radius 2 is 2.17 bits per heavy atom. The lowest BCUT2D eigenvalue weighted by atomic mass is 10.5. The minimum atomic E-state index is -0.896. The standard InChI is InChI=1S/C5H5N3O4/c1-12-4(10)2-3(9)6-5(11)8-7-2/h1H3,(H2,6,8,9,11). The lowest BCUT2D eigenvalue weighted by Gasteiger charge is -1.93. The van der Waals surface area contributed by atoms with Gasteiger partial charge in [-0.25, -0.2) is 14.7 Å². The van der Waals surface area contributed by atoms with Crippen molar-refractivity contribution in [2.24, 2.45) is 0 Å². The molecule has 0 spiro atoms. The molecular formula is C5H5N3O4. The van der Waals surface area contributed by atoms with E-state index >= 15 is 0 Å².